The lowest BCUT2D eigenvalue weighted by Gasteiger charge is -2.29. The van der Waals surface area contributed by atoms with Crippen molar-refractivity contribution in [3.05, 3.63) is 47.9 Å². The van der Waals surface area contributed by atoms with Gasteiger partial charge in [-0.05, 0) is 52.0 Å². The van der Waals surface area contributed by atoms with E-state index < -0.39 is 0 Å². The molecule has 8 heteroatoms. The van der Waals surface area contributed by atoms with Crippen LogP contribution in [0.1, 0.15) is 34.1 Å². The van der Waals surface area contributed by atoms with Gasteiger partial charge in [0, 0.05) is 31.0 Å². The zero-order valence-corrected chi connectivity index (χ0v) is 16.4. The third kappa shape index (κ3) is 4.50. The molecule has 1 saturated heterocycles. The number of nitrogens with zero attached hydrogens (tertiary/aromatic N) is 6. The van der Waals surface area contributed by atoms with E-state index in [2.05, 4.69) is 27.4 Å². The monoisotopic (exact) mass is 372 g/mol. The zero-order valence-electron chi connectivity index (χ0n) is 16.4. The molecule has 1 atom stereocenters. The van der Waals surface area contributed by atoms with Gasteiger partial charge in [-0.25, -0.2) is 4.68 Å². The molecule has 0 amide bonds. The smallest absolute Gasteiger partial charge is 0.233 e. The fraction of sp³-hybridized carbons (Fsp3) is 0.526. The third-order valence-electron chi connectivity index (χ3n) is 4.66. The maximum atomic E-state index is 12.2. The van der Waals surface area contributed by atoms with Crippen molar-refractivity contribution in [2.45, 2.75) is 45.8 Å². The van der Waals surface area contributed by atoms with Crippen molar-refractivity contribution in [1.29, 1.82) is 0 Å². The van der Waals surface area contributed by atoms with Crippen LogP contribution in [0.5, 0.6) is 0 Å². The van der Waals surface area contributed by atoms with E-state index in [0.717, 1.165) is 24.3 Å². The van der Waals surface area contributed by atoms with Gasteiger partial charge in [0.25, 0.3) is 0 Å². The van der Waals surface area contributed by atoms with Crippen LogP contribution < -0.4 is 4.90 Å². The topological polar surface area (TPSA) is 72.0 Å². The minimum Gasteiger partial charge on any atom is -0.569 e. The second kappa shape index (κ2) is 7.85. The number of aromatic nitrogens is 2. The van der Waals surface area contributed by atoms with Crippen molar-refractivity contribution < 1.29 is 9.81 Å². The Bertz CT molecular complexity index is 769. The lowest BCUT2D eigenvalue weighted by atomic mass is 10.1. The summed E-state index contributed by atoms with van der Waals surface area (Å²) in [5.41, 5.74) is 1.82. The summed E-state index contributed by atoms with van der Waals surface area (Å²) in [7, 11) is 0. The van der Waals surface area contributed by atoms with E-state index in [4.69, 9.17) is 4.84 Å². The lowest BCUT2D eigenvalue weighted by Crippen LogP contribution is -2.45. The van der Waals surface area contributed by atoms with Gasteiger partial charge in [0.2, 0.25) is 5.28 Å². The lowest BCUT2D eigenvalue weighted by molar-refractivity contribution is -0.725. The number of benzene rings is 1. The standard InChI is InChI=1S/C19H28N6O2/c1-5-24(19(2,3)4)25(26)21-27-18-10-13-22(15-18)16-8-6-9-17(14-16)23-12-7-11-20-23/h6-9,11-12,14,18H,5,10,13,15H2,1-4H3/b25-21+/t18-/m1/s1. The molecule has 2 aromatic rings. The predicted octanol–water partition coefficient (Wildman–Crippen LogP) is 3.38. The Morgan fingerprint density at radius 1 is 1.33 bits per heavy atom. The molecule has 27 heavy (non-hydrogen) atoms. The summed E-state index contributed by atoms with van der Waals surface area (Å²) < 4.78 is 1.84. The molecule has 0 spiro atoms. The fourth-order valence-electron chi connectivity index (χ4n) is 3.31. The van der Waals surface area contributed by atoms with E-state index in [9.17, 15) is 5.21 Å². The van der Waals surface area contributed by atoms with Crippen molar-refractivity contribution in [1.82, 2.24) is 14.8 Å². The van der Waals surface area contributed by atoms with Crippen molar-refractivity contribution in [2.75, 3.05) is 24.5 Å². The highest BCUT2D eigenvalue weighted by molar-refractivity contribution is 5.53. The number of rotatable bonds is 6. The SMILES string of the molecule is CCN(/[N+]([O-])=N\O[C@@H]1CCN(c2cccc(-n3cccn3)c2)C1)C(C)(C)C. The van der Waals surface area contributed by atoms with Crippen LogP contribution in [0.2, 0.25) is 0 Å². The van der Waals surface area contributed by atoms with Gasteiger partial charge in [-0.1, -0.05) is 6.07 Å². The zero-order chi connectivity index (χ0) is 19.4. The Labute approximate surface area is 160 Å². The molecule has 0 unspecified atom stereocenters. The van der Waals surface area contributed by atoms with E-state index in [-0.39, 0.29) is 11.6 Å². The van der Waals surface area contributed by atoms with E-state index in [1.807, 2.05) is 56.8 Å². The number of hydrazine groups is 1. The number of hydrogen-bond acceptors (Lipinski definition) is 5. The molecule has 8 nitrogen and oxygen atoms in total. The second-order valence-corrected chi connectivity index (χ2v) is 7.65. The van der Waals surface area contributed by atoms with E-state index >= 15 is 0 Å². The minimum atomic E-state index is -0.308. The maximum Gasteiger partial charge on any atom is 0.233 e. The Morgan fingerprint density at radius 3 is 2.78 bits per heavy atom. The van der Waals surface area contributed by atoms with Crippen LogP contribution >= 0.6 is 0 Å². The third-order valence-corrected chi connectivity index (χ3v) is 4.66. The van der Waals surface area contributed by atoms with Crippen molar-refractivity contribution in [3.63, 3.8) is 0 Å². The first kappa shape index (κ1) is 19.0. The first-order valence-corrected chi connectivity index (χ1v) is 9.35. The van der Waals surface area contributed by atoms with E-state index in [1.54, 1.807) is 11.2 Å². The Hall–Kier alpha value is -2.77. The van der Waals surface area contributed by atoms with Crippen LogP contribution in [-0.4, -0.2) is 51.0 Å². The summed E-state index contributed by atoms with van der Waals surface area (Å²) in [6.07, 6.45) is 4.41. The molecule has 1 aromatic heterocycles. The quantitative estimate of drug-likeness (QED) is 0.442. The molecule has 0 N–H and O–H groups in total. The molecule has 1 fully saturated rings. The summed E-state index contributed by atoms with van der Waals surface area (Å²) >= 11 is 0. The van der Waals surface area contributed by atoms with Crippen molar-refractivity contribution in [2.24, 2.45) is 5.28 Å². The summed E-state index contributed by atoms with van der Waals surface area (Å²) in [4.78, 5) is 8.34. The van der Waals surface area contributed by atoms with Gasteiger partial charge >= 0.3 is 0 Å². The summed E-state index contributed by atoms with van der Waals surface area (Å²) in [5, 5.41) is 21.9. The van der Waals surface area contributed by atoms with Crippen LogP contribution in [0.3, 0.4) is 0 Å². The normalized spacial score (nSPS) is 18.0. The average Bonchev–Trinajstić information content (AvgIpc) is 3.31. The molecule has 0 saturated carbocycles. The minimum absolute atomic E-state index is 0.103. The Kier molecular flexibility index (Phi) is 5.53. The van der Waals surface area contributed by atoms with Gasteiger partial charge in [0.15, 0.2) is 6.10 Å². The Balaban J connectivity index is 1.62. The van der Waals surface area contributed by atoms with Gasteiger partial charge in [0.1, 0.15) is 0 Å². The van der Waals surface area contributed by atoms with Gasteiger partial charge in [-0.2, -0.15) is 5.10 Å². The maximum absolute atomic E-state index is 12.2. The molecule has 3 rings (SSSR count). The van der Waals surface area contributed by atoms with Gasteiger partial charge in [0.05, 0.1) is 29.3 Å². The molecule has 0 radical (unpaired) electrons. The molecular weight excluding hydrogens is 344 g/mol. The molecule has 1 aromatic carbocycles. The molecule has 0 bridgehead atoms. The Morgan fingerprint density at radius 2 is 2.11 bits per heavy atom. The second-order valence-electron chi connectivity index (χ2n) is 7.65. The first-order valence-electron chi connectivity index (χ1n) is 9.35. The summed E-state index contributed by atoms with van der Waals surface area (Å²) in [5.74, 6) is 0. The van der Waals surface area contributed by atoms with Crippen LogP contribution in [0.15, 0.2) is 48.0 Å². The number of anilines is 1. The van der Waals surface area contributed by atoms with Crippen LogP contribution in [0, 0.1) is 5.21 Å². The van der Waals surface area contributed by atoms with Crippen molar-refractivity contribution >= 4 is 5.69 Å². The summed E-state index contributed by atoms with van der Waals surface area (Å²) in [6.45, 7) is 9.97. The first-order chi connectivity index (χ1) is 12.9. The van der Waals surface area contributed by atoms with Crippen LogP contribution in [-0.2, 0) is 4.84 Å². The summed E-state index contributed by atoms with van der Waals surface area (Å²) in [6, 6.07) is 10.1. The van der Waals surface area contributed by atoms with Gasteiger partial charge in [-0.15, -0.1) is 5.01 Å². The molecule has 1 aliphatic rings. The predicted molar refractivity (Wildman–Crippen MR) is 103 cm³/mol. The highest BCUT2D eigenvalue weighted by Crippen LogP contribution is 2.24. The molecular formula is C19H28N6O2. The fourth-order valence-corrected chi connectivity index (χ4v) is 3.31. The molecule has 2 heterocycles. The van der Waals surface area contributed by atoms with E-state index in [0.29, 0.717) is 18.1 Å². The molecule has 0 aliphatic carbocycles. The van der Waals surface area contributed by atoms with Crippen LogP contribution in [0.25, 0.3) is 5.69 Å². The largest absolute Gasteiger partial charge is 0.569 e. The highest BCUT2D eigenvalue weighted by Gasteiger charge is 2.29. The van der Waals surface area contributed by atoms with Crippen LogP contribution in [0.4, 0.5) is 5.69 Å². The van der Waals surface area contributed by atoms with Gasteiger partial charge < -0.3 is 14.9 Å². The average molecular weight is 372 g/mol. The molecule has 146 valence electrons. The highest BCUT2D eigenvalue weighted by atomic mass is 16.7. The van der Waals surface area contributed by atoms with E-state index in [1.165, 1.54) is 0 Å². The van der Waals surface area contributed by atoms with Gasteiger partial charge in [-0.3, -0.25) is 0 Å². The molecule has 1 aliphatic heterocycles. The number of hydrogen-bond donors (Lipinski definition) is 0. The van der Waals surface area contributed by atoms with Crippen molar-refractivity contribution in [3.8, 4) is 5.69 Å².